The molecule has 0 aromatic carbocycles. The van der Waals surface area contributed by atoms with Gasteiger partial charge in [0.05, 0.1) is 0 Å². The van der Waals surface area contributed by atoms with Gasteiger partial charge in [-0.25, -0.2) is 0 Å². The van der Waals surface area contributed by atoms with Crippen molar-refractivity contribution in [2.45, 2.75) is 33.1 Å². The first-order chi connectivity index (χ1) is 6.74. The third-order valence-corrected chi connectivity index (χ3v) is 3.16. The molecule has 0 aromatic heterocycles. The molecular weight excluding hydrogens is 170 g/mol. The molecule has 0 aliphatic heterocycles. The predicted molar refractivity (Wildman–Crippen MR) is 63.4 cm³/mol. The number of allylic oxidation sites excluding steroid dienone is 4. The van der Waals surface area contributed by atoms with Crippen LogP contribution in [-0.2, 0) is 0 Å². The maximum absolute atomic E-state index is 2.38. The highest BCUT2D eigenvalue weighted by Crippen LogP contribution is 2.22. The van der Waals surface area contributed by atoms with Crippen molar-refractivity contribution in [1.82, 2.24) is 4.90 Å². The normalized spacial score (nSPS) is 18.4. The fraction of sp³-hybridized carbons (Fsp3) is 0.692. The summed E-state index contributed by atoms with van der Waals surface area (Å²) in [6.45, 7) is 6.95. The summed E-state index contributed by atoms with van der Waals surface area (Å²) >= 11 is 0. The first kappa shape index (κ1) is 11.5. The minimum atomic E-state index is 0.758. The lowest BCUT2D eigenvalue weighted by atomic mass is 9.91. The van der Waals surface area contributed by atoms with Crippen molar-refractivity contribution < 1.29 is 0 Å². The van der Waals surface area contributed by atoms with Crippen LogP contribution in [-0.4, -0.2) is 25.0 Å². The van der Waals surface area contributed by atoms with E-state index < -0.39 is 0 Å². The van der Waals surface area contributed by atoms with E-state index in [-0.39, 0.29) is 0 Å². The Hall–Kier alpha value is -0.560. The fourth-order valence-electron chi connectivity index (χ4n) is 1.79. The Morgan fingerprint density at radius 3 is 2.86 bits per heavy atom. The second kappa shape index (κ2) is 6.02. The van der Waals surface area contributed by atoms with Crippen LogP contribution in [0.5, 0.6) is 0 Å². The van der Waals surface area contributed by atoms with Gasteiger partial charge >= 0.3 is 0 Å². The van der Waals surface area contributed by atoms with Crippen LogP contribution in [0.25, 0.3) is 0 Å². The molecule has 1 nitrogen and oxygen atoms in total. The average Bonchev–Trinajstić information content (AvgIpc) is 2.26. The second-order valence-corrected chi connectivity index (χ2v) is 4.29. The number of rotatable bonds is 5. The Morgan fingerprint density at radius 2 is 2.29 bits per heavy atom. The van der Waals surface area contributed by atoms with E-state index in [1.54, 1.807) is 5.57 Å². The molecule has 1 aliphatic carbocycles. The Balaban J connectivity index is 2.30. The van der Waals surface area contributed by atoms with Crippen molar-refractivity contribution in [3.63, 3.8) is 0 Å². The smallest absolute Gasteiger partial charge is 0.00163 e. The van der Waals surface area contributed by atoms with Gasteiger partial charge in [0.1, 0.15) is 0 Å². The summed E-state index contributed by atoms with van der Waals surface area (Å²) in [6.07, 6.45) is 10.6. The third-order valence-electron chi connectivity index (χ3n) is 3.16. The lowest BCUT2D eigenvalue weighted by Gasteiger charge is -2.20. The van der Waals surface area contributed by atoms with Crippen LogP contribution < -0.4 is 0 Å². The van der Waals surface area contributed by atoms with Crippen LogP contribution in [0.2, 0.25) is 0 Å². The van der Waals surface area contributed by atoms with Gasteiger partial charge in [-0.2, -0.15) is 0 Å². The van der Waals surface area contributed by atoms with Gasteiger partial charge in [-0.15, -0.1) is 0 Å². The number of hydrogen-bond acceptors (Lipinski definition) is 1. The highest BCUT2D eigenvalue weighted by molar-refractivity contribution is 5.19. The Labute approximate surface area is 88.5 Å². The molecule has 1 aliphatic rings. The maximum Gasteiger partial charge on any atom is -0.00163 e. The van der Waals surface area contributed by atoms with Gasteiger partial charge in [0.15, 0.2) is 0 Å². The van der Waals surface area contributed by atoms with Crippen molar-refractivity contribution in [2.24, 2.45) is 5.92 Å². The highest BCUT2D eigenvalue weighted by Gasteiger charge is 2.09. The minimum Gasteiger partial charge on any atom is -0.307 e. The number of hydrogen-bond donors (Lipinski definition) is 0. The van der Waals surface area contributed by atoms with E-state index >= 15 is 0 Å². The lowest BCUT2D eigenvalue weighted by molar-refractivity contribution is 0.328. The van der Waals surface area contributed by atoms with E-state index in [9.17, 15) is 0 Å². The van der Waals surface area contributed by atoms with Gasteiger partial charge in [0.2, 0.25) is 0 Å². The first-order valence-corrected chi connectivity index (χ1v) is 5.78. The Kier molecular flexibility index (Phi) is 4.95. The second-order valence-electron chi connectivity index (χ2n) is 4.29. The van der Waals surface area contributed by atoms with E-state index in [4.69, 9.17) is 0 Å². The lowest BCUT2D eigenvalue weighted by Crippen LogP contribution is -2.21. The molecule has 0 spiro atoms. The topological polar surface area (TPSA) is 3.24 Å². The van der Waals surface area contributed by atoms with Crippen LogP contribution in [0.4, 0.5) is 0 Å². The summed E-state index contributed by atoms with van der Waals surface area (Å²) in [5.74, 6) is 0.758. The summed E-state index contributed by atoms with van der Waals surface area (Å²) in [7, 11) is 2.20. The van der Waals surface area contributed by atoms with E-state index in [1.807, 2.05) is 0 Å². The van der Waals surface area contributed by atoms with E-state index in [0.717, 1.165) is 12.5 Å². The molecule has 0 bridgehead atoms. The monoisotopic (exact) mass is 193 g/mol. The van der Waals surface area contributed by atoms with Crippen LogP contribution in [0, 0.1) is 5.92 Å². The largest absolute Gasteiger partial charge is 0.307 e. The van der Waals surface area contributed by atoms with Crippen molar-refractivity contribution in [3.05, 3.63) is 23.8 Å². The zero-order valence-electron chi connectivity index (χ0n) is 9.79. The molecule has 0 radical (unpaired) electrons. The molecule has 1 rings (SSSR count). The van der Waals surface area contributed by atoms with Crippen LogP contribution in [0.1, 0.15) is 33.1 Å². The first-order valence-electron chi connectivity index (χ1n) is 5.78. The molecule has 0 fully saturated rings. The number of nitrogens with zero attached hydrogens (tertiary/aromatic N) is 1. The maximum atomic E-state index is 2.38. The van der Waals surface area contributed by atoms with Crippen LogP contribution in [0.3, 0.4) is 0 Å². The molecule has 0 heterocycles. The highest BCUT2D eigenvalue weighted by atomic mass is 15.1. The third kappa shape index (κ3) is 3.67. The van der Waals surface area contributed by atoms with Gasteiger partial charge in [-0.05, 0) is 45.3 Å². The zero-order chi connectivity index (χ0) is 10.4. The van der Waals surface area contributed by atoms with E-state index in [2.05, 4.69) is 44.0 Å². The van der Waals surface area contributed by atoms with Crippen molar-refractivity contribution in [1.29, 1.82) is 0 Å². The summed E-state index contributed by atoms with van der Waals surface area (Å²) in [4.78, 5) is 2.38. The van der Waals surface area contributed by atoms with E-state index in [0.29, 0.717) is 0 Å². The summed E-state index contributed by atoms with van der Waals surface area (Å²) in [5, 5.41) is 0. The van der Waals surface area contributed by atoms with Crippen molar-refractivity contribution in [3.8, 4) is 0 Å². The van der Waals surface area contributed by atoms with Gasteiger partial charge in [0.25, 0.3) is 0 Å². The SMILES string of the molecule is CCN(C)CCC(C)C1=CC=CCC1. The summed E-state index contributed by atoms with van der Waals surface area (Å²) in [5.41, 5.74) is 1.64. The summed E-state index contributed by atoms with van der Waals surface area (Å²) < 4.78 is 0. The van der Waals surface area contributed by atoms with Gasteiger partial charge < -0.3 is 4.90 Å². The molecule has 0 aromatic rings. The van der Waals surface area contributed by atoms with Gasteiger partial charge in [0, 0.05) is 0 Å². The molecule has 1 atom stereocenters. The van der Waals surface area contributed by atoms with E-state index in [1.165, 1.54) is 25.8 Å². The van der Waals surface area contributed by atoms with Crippen LogP contribution in [0.15, 0.2) is 23.8 Å². The molecule has 0 N–H and O–H groups in total. The minimum absolute atomic E-state index is 0.758. The molecule has 1 heteroatoms. The van der Waals surface area contributed by atoms with Gasteiger partial charge in [-0.3, -0.25) is 0 Å². The molecular formula is C13H23N. The van der Waals surface area contributed by atoms with Crippen molar-refractivity contribution >= 4 is 0 Å². The molecule has 0 amide bonds. The molecule has 0 saturated carbocycles. The predicted octanol–water partition coefficient (Wildman–Crippen LogP) is 3.24. The molecule has 0 saturated heterocycles. The van der Waals surface area contributed by atoms with Gasteiger partial charge in [-0.1, -0.05) is 37.6 Å². The van der Waals surface area contributed by atoms with Crippen molar-refractivity contribution in [2.75, 3.05) is 20.1 Å². The molecule has 80 valence electrons. The molecule has 1 unspecified atom stereocenters. The quantitative estimate of drug-likeness (QED) is 0.648. The Morgan fingerprint density at radius 1 is 1.50 bits per heavy atom. The average molecular weight is 193 g/mol. The fourth-order valence-corrected chi connectivity index (χ4v) is 1.79. The molecule has 14 heavy (non-hydrogen) atoms. The Bertz CT molecular complexity index is 215. The zero-order valence-corrected chi connectivity index (χ0v) is 9.79. The summed E-state index contributed by atoms with van der Waals surface area (Å²) in [6, 6.07) is 0. The van der Waals surface area contributed by atoms with Crippen LogP contribution >= 0.6 is 0 Å². The standard InChI is InChI=1S/C13H23N/c1-4-14(3)11-10-12(2)13-8-6-5-7-9-13/h5-6,8,12H,4,7,9-11H2,1-3H3.